The van der Waals surface area contributed by atoms with Gasteiger partial charge in [-0.2, -0.15) is 5.26 Å². The van der Waals surface area contributed by atoms with Gasteiger partial charge in [-0.25, -0.2) is 0 Å². The number of benzene rings is 1. The van der Waals surface area contributed by atoms with Gasteiger partial charge in [-0.05, 0) is 37.0 Å². The molecule has 1 saturated heterocycles. The minimum Gasteiger partial charge on any atom is -0.392 e. The lowest BCUT2D eigenvalue weighted by molar-refractivity contribution is 0.282. The second kappa shape index (κ2) is 4.77. The van der Waals surface area contributed by atoms with Crippen molar-refractivity contribution < 1.29 is 5.11 Å². The van der Waals surface area contributed by atoms with E-state index in [0.717, 1.165) is 17.8 Å². The molecule has 1 aliphatic rings. The summed E-state index contributed by atoms with van der Waals surface area (Å²) in [5, 5.41) is 18.3. The van der Waals surface area contributed by atoms with Gasteiger partial charge < -0.3 is 10.0 Å². The summed E-state index contributed by atoms with van der Waals surface area (Å²) in [5.41, 5.74) is 2.46. The number of aliphatic hydroxyl groups excluding tert-OH is 1. The second-order valence-electron chi connectivity index (χ2n) is 4.96. The van der Waals surface area contributed by atoms with Crippen LogP contribution in [-0.4, -0.2) is 17.7 Å². The summed E-state index contributed by atoms with van der Waals surface area (Å²) in [7, 11) is 0. The molecular weight excluding hydrogens is 212 g/mol. The Bertz CT molecular complexity index is 450. The highest BCUT2D eigenvalue weighted by Crippen LogP contribution is 2.31. The third-order valence-electron chi connectivity index (χ3n) is 3.46. The van der Waals surface area contributed by atoms with Gasteiger partial charge in [0.25, 0.3) is 0 Å². The van der Waals surface area contributed by atoms with E-state index in [0.29, 0.717) is 17.5 Å². The van der Waals surface area contributed by atoms with Crippen LogP contribution in [0, 0.1) is 17.2 Å². The summed E-state index contributed by atoms with van der Waals surface area (Å²) >= 11 is 0. The molecular formula is C14H18N2O. The molecule has 0 radical (unpaired) electrons. The predicted molar refractivity (Wildman–Crippen MR) is 67.7 cm³/mol. The van der Waals surface area contributed by atoms with Crippen LogP contribution in [0.5, 0.6) is 0 Å². The van der Waals surface area contributed by atoms with Gasteiger partial charge in [-0.1, -0.05) is 13.0 Å². The maximum atomic E-state index is 9.19. The maximum absolute atomic E-state index is 9.19. The van der Waals surface area contributed by atoms with Crippen molar-refractivity contribution in [2.75, 3.05) is 11.4 Å². The molecule has 1 aromatic carbocycles. The van der Waals surface area contributed by atoms with Crippen LogP contribution in [0.2, 0.25) is 0 Å². The van der Waals surface area contributed by atoms with Gasteiger partial charge >= 0.3 is 0 Å². The number of rotatable bonds is 2. The molecule has 0 bridgehead atoms. The quantitative estimate of drug-likeness (QED) is 0.848. The van der Waals surface area contributed by atoms with E-state index in [1.165, 1.54) is 6.42 Å². The fourth-order valence-corrected chi connectivity index (χ4v) is 2.66. The lowest BCUT2D eigenvalue weighted by atomic mass is 10.1. The van der Waals surface area contributed by atoms with Crippen LogP contribution in [0.4, 0.5) is 5.69 Å². The molecule has 3 heteroatoms. The Labute approximate surface area is 102 Å². The zero-order valence-corrected chi connectivity index (χ0v) is 10.3. The van der Waals surface area contributed by atoms with Gasteiger partial charge in [0.15, 0.2) is 0 Å². The van der Waals surface area contributed by atoms with Gasteiger partial charge in [-0.15, -0.1) is 0 Å². The van der Waals surface area contributed by atoms with E-state index in [-0.39, 0.29) is 6.61 Å². The van der Waals surface area contributed by atoms with Gasteiger partial charge in [0, 0.05) is 12.6 Å². The van der Waals surface area contributed by atoms with Crippen LogP contribution in [-0.2, 0) is 6.61 Å². The summed E-state index contributed by atoms with van der Waals surface area (Å²) in [6.45, 7) is 5.44. The summed E-state index contributed by atoms with van der Waals surface area (Å²) in [6.07, 6.45) is 1.17. The van der Waals surface area contributed by atoms with E-state index in [1.807, 2.05) is 12.1 Å². The molecule has 0 aromatic heterocycles. The Hall–Kier alpha value is -1.53. The van der Waals surface area contributed by atoms with Crippen LogP contribution in [0.25, 0.3) is 0 Å². The Morgan fingerprint density at radius 1 is 1.47 bits per heavy atom. The van der Waals surface area contributed by atoms with Crippen molar-refractivity contribution in [3.8, 4) is 6.07 Å². The van der Waals surface area contributed by atoms with E-state index < -0.39 is 0 Å². The molecule has 2 atom stereocenters. The molecule has 0 aliphatic carbocycles. The zero-order valence-electron chi connectivity index (χ0n) is 10.3. The largest absolute Gasteiger partial charge is 0.392 e. The fourth-order valence-electron chi connectivity index (χ4n) is 2.66. The Kier molecular flexibility index (Phi) is 3.35. The molecule has 90 valence electrons. The minimum atomic E-state index is -0.0130. The number of hydrogen-bond donors (Lipinski definition) is 1. The molecule has 2 unspecified atom stereocenters. The first-order valence-electron chi connectivity index (χ1n) is 6.06. The molecule has 0 spiro atoms. The standard InChI is InChI=1S/C14H18N2O/c1-10-5-11(2)16(8-10)14-4-3-12(9-17)6-13(14)7-15/h3-4,6,10-11,17H,5,8-9H2,1-2H3. The van der Waals surface area contributed by atoms with Crippen molar-refractivity contribution >= 4 is 5.69 Å². The lowest BCUT2D eigenvalue weighted by Gasteiger charge is -2.25. The van der Waals surface area contributed by atoms with Crippen LogP contribution in [0.15, 0.2) is 18.2 Å². The Morgan fingerprint density at radius 2 is 2.24 bits per heavy atom. The van der Waals surface area contributed by atoms with Crippen molar-refractivity contribution in [2.24, 2.45) is 5.92 Å². The molecule has 1 fully saturated rings. The van der Waals surface area contributed by atoms with E-state index in [9.17, 15) is 5.26 Å². The van der Waals surface area contributed by atoms with Crippen molar-refractivity contribution in [1.29, 1.82) is 5.26 Å². The summed E-state index contributed by atoms with van der Waals surface area (Å²) < 4.78 is 0. The van der Waals surface area contributed by atoms with Gasteiger partial charge in [-0.3, -0.25) is 0 Å². The smallest absolute Gasteiger partial charge is 0.101 e. The summed E-state index contributed by atoms with van der Waals surface area (Å²) in [4.78, 5) is 2.30. The normalized spacial score (nSPS) is 23.8. The maximum Gasteiger partial charge on any atom is 0.101 e. The molecule has 0 amide bonds. The third kappa shape index (κ3) is 2.27. The van der Waals surface area contributed by atoms with Crippen LogP contribution < -0.4 is 4.90 Å². The molecule has 17 heavy (non-hydrogen) atoms. The molecule has 1 N–H and O–H groups in total. The number of anilines is 1. The van der Waals surface area contributed by atoms with Crippen LogP contribution >= 0.6 is 0 Å². The average Bonchev–Trinajstić information content (AvgIpc) is 2.67. The van der Waals surface area contributed by atoms with E-state index in [2.05, 4.69) is 24.8 Å². The highest BCUT2D eigenvalue weighted by molar-refractivity contribution is 5.61. The topological polar surface area (TPSA) is 47.3 Å². The number of nitrogens with zero attached hydrogens (tertiary/aromatic N) is 2. The van der Waals surface area contributed by atoms with E-state index >= 15 is 0 Å². The first-order valence-corrected chi connectivity index (χ1v) is 6.06. The van der Waals surface area contributed by atoms with Crippen molar-refractivity contribution in [3.05, 3.63) is 29.3 Å². The van der Waals surface area contributed by atoms with Gasteiger partial charge in [0.1, 0.15) is 6.07 Å². The number of aliphatic hydroxyl groups is 1. The number of hydrogen-bond acceptors (Lipinski definition) is 3. The predicted octanol–water partition coefficient (Wildman–Crippen LogP) is 2.29. The molecule has 1 aliphatic heterocycles. The summed E-state index contributed by atoms with van der Waals surface area (Å²) in [5.74, 6) is 0.675. The highest BCUT2D eigenvalue weighted by atomic mass is 16.3. The SMILES string of the molecule is CC1CC(C)N(c2ccc(CO)cc2C#N)C1. The van der Waals surface area contributed by atoms with Crippen molar-refractivity contribution in [1.82, 2.24) is 0 Å². The number of nitriles is 1. The van der Waals surface area contributed by atoms with Crippen LogP contribution in [0.1, 0.15) is 31.4 Å². The van der Waals surface area contributed by atoms with E-state index in [4.69, 9.17) is 5.11 Å². The van der Waals surface area contributed by atoms with Crippen LogP contribution in [0.3, 0.4) is 0 Å². The third-order valence-corrected chi connectivity index (χ3v) is 3.46. The first-order chi connectivity index (χ1) is 8.15. The molecule has 1 aromatic rings. The first kappa shape index (κ1) is 11.9. The Balaban J connectivity index is 2.36. The molecule has 2 rings (SSSR count). The van der Waals surface area contributed by atoms with E-state index in [1.54, 1.807) is 6.07 Å². The highest BCUT2D eigenvalue weighted by Gasteiger charge is 2.27. The zero-order chi connectivity index (χ0) is 12.4. The monoisotopic (exact) mass is 230 g/mol. The average molecular weight is 230 g/mol. The minimum absolute atomic E-state index is 0.0130. The van der Waals surface area contributed by atoms with Gasteiger partial charge in [0.05, 0.1) is 17.9 Å². The van der Waals surface area contributed by atoms with Gasteiger partial charge in [0.2, 0.25) is 0 Å². The van der Waals surface area contributed by atoms with Crippen molar-refractivity contribution in [2.45, 2.75) is 32.9 Å². The molecule has 3 nitrogen and oxygen atoms in total. The fraction of sp³-hybridized carbons (Fsp3) is 0.500. The Morgan fingerprint density at radius 3 is 2.76 bits per heavy atom. The second-order valence-corrected chi connectivity index (χ2v) is 4.96. The summed E-state index contributed by atoms with van der Waals surface area (Å²) in [6, 6.07) is 8.35. The molecule has 1 heterocycles. The lowest BCUT2D eigenvalue weighted by Crippen LogP contribution is -2.27. The van der Waals surface area contributed by atoms with Crippen molar-refractivity contribution in [3.63, 3.8) is 0 Å². The molecule has 0 saturated carbocycles.